The number of carbonyl (C=O) groups is 2. The van der Waals surface area contributed by atoms with E-state index in [1.807, 2.05) is 0 Å². The lowest BCUT2D eigenvalue weighted by molar-refractivity contribution is -0.122. The second-order valence-corrected chi connectivity index (χ2v) is 8.67. The lowest BCUT2D eigenvalue weighted by Crippen LogP contribution is -2.56. The molecule has 1 fully saturated rings. The Morgan fingerprint density at radius 1 is 1.17 bits per heavy atom. The zero-order valence-electron chi connectivity index (χ0n) is 18.5. The number of hydrogen-bond donors (Lipinski definition) is 2. The van der Waals surface area contributed by atoms with Gasteiger partial charge < -0.3 is 20.1 Å². The van der Waals surface area contributed by atoms with Crippen LogP contribution in [0.15, 0.2) is 18.2 Å². The first-order valence-electron chi connectivity index (χ1n) is 10.2. The fraction of sp³-hybridized carbons (Fsp3) is 0.636. The first-order chi connectivity index (χ1) is 13.7. The summed E-state index contributed by atoms with van der Waals surface area (Å²) in [5, 5.41) is 5.55. The molecule has 1 aromatic carbocycles. The van der Waals surface area contributed by atoms with Crippen LogP contribution in [-0.4, -0.2) is 62.7 Å². The molecule has 1 saturated heterocycles. The number of hydrogen-bond acceptors (Lipinski definition) is 5. The molecule has 0 aliphatic carbocycles. The summed E-state index contributed by atoms with van der Waals surface area (Å²) in [7, 11) is 3.05. The van der Waals surface area contributed by atoms with Gasteiger partial charge in [0, 0.05) is 37.8 Å². The van der Waals surface area contributed by atoms with E-state index in [4.69, 9.17) is 9.47 Å². The predicted molar refractivity (Wildman–Crippen MR) is 113 cm³/mol. The Balaban J connectivity index is 2.00. The highest BCUT2D eigenvalue weighted by molar-refractivity contribution is 5.95. The first-order valence-corrected chi connectivity index (χ1v) is 10.2. The van der Waals surface area contributed by atoms with E-state index in [0.717, 1.165) is 13.1 Å². The number of methoxy groups -OCH3 is 1. The van der Waals surface area contributed by atoms with Gasteiger partial charge >= 0.3 is 0 Å². The van der Waals surface area contributed by atoms with Gasteiger partial charge in [-0.15, -0.1) is 0 Å². The summed E-state index contributed by atoms with van der Waals surface area (Å²) in [4.78, 5) is 26.5. The van der Waals surface area contributed by atoms with Crippen molar-refractivity contribution in [3.63, 3.8) is 0 Å². The Kier molecular flexibility index (Phi) is 7.90. The highest BCUT2D eigenvalue weighted by atomic mass is 16.5. The maximum absolute atomic E-state index is 12.7. The van der Waals surface area contributed by atoms with Crippen molar-refractivity contribution in [1.29, 1.82) is 0 Å². The van der Waals surface area contributed by atoms with E-state index in [1.54, 1.807) is 25.2 Å². The van der Waals surface area contributed by atoms with Gasteiger partial charge in [-0.25, -0.2) is 0 Å². The van der Waals surface area contributed by atoms with E-state index in [2.05, 4.69) is 43.2 Å². The zero-order valence-corrected chi connectivity index (χ0v) is 18.5. The fourth-order valence-electron chi connectivity index (χ4n) is 3.81. The molecule has 2 amide bonds. The number of nitrogens with zero attached hydrogens (tertiary/aromatic N) is 1. The molecule has 0 bridgehead atoms. The predicted octanol–water partition coefficient (Wildman–Crippen LogP) is 2.31. The monoisotopic (exact) mass is 405 g/mol. The van der Waals surface area contributed by atoms with E-state index in [0.29, 0.717) is 35.4 Å². The van der Waals surface area contributed by atoms with Crippen LogP contribution in [0.2, 0.25) is 0 Å². The van der Waals surface area contributed by atoms with Crippen LogP contribution in [0.4, 0.5) is 0 Å². The normalized spacial score (nSPS) is 20.1. The van der Waals surface area contributed by atoms with Crippen molar-refractivity contribution in [2.45, 2.75) is 39.7 Å². The molecular weight excluding hydrogens is 370 g/mol. The number of benzene rings is 1. The number of piperidine rings is 1. The average Bonchev–Trinajstić information content (AvgIpc) is 2.69. The van der Waals surface area contributed by atoms with Gasteiger partial charge in [0.05, 0.1) is 7.11 Å². The SMILES string of the molecule is CNC(=O)COc1ccc(C(=O)NCC(C)(C)N2CC(C)CC(C)C2)cc1OC. The molecule has 1 aliphatic heterocycles. The lowest BCUT2D eigenvalue weighted by Gasteiger charge is -2.45. The Morgan fingerprint density at radius 2 is 1.83 bits per heavy atom. The first kappa shape index (κ1) is 23.0. The van der Waals surface area contributed by atoms with Crippen LogP contribution in [0, 0.1) is 11.8 Å². The maximum atomic E-state index is 12.7. The van der Waals surface area contributed by atoms with Gasteiger partial charge in [0.1, 0.15) is 0 Å². The minimum Gasteiger partial charge on any atom is -0.493 e. The summed E-state index contributed by atoms with van der Waals surface area (Å²) in [6.07, 6.45) is 1.26. The van der Waals surface area contributed by atoms with Crippen LogP contribution < -0.4 is 20.1 Å². The molecule has 0 radical (unpaired) electrons. The van der Waals surface area contributed by atoms with Crippen molar-refractivity contribution in [2.75, 3.05) is 40.4 Å². The highest BCUT2D eigenvalue weighted by Gasteiger charge is 2.33. The van der Waals surface area contributed by atoms with Gasteiger partial charge in [0.25, 0.3) is 11.8 Å². The Morgan fingerprint density at radius 3 is 2.41 bits per heavy atom. The molecule has 2 atom stereocenters. The van der Waals surface area contributed by atoms with Crippen molar-refractivity contribution in [3.8, 4) is 11.5 Å². The molecule has 2 N–H and O–H groups in total. The van der Waals surface area contributed by atoms with Gasteiger partial charge in [0.2, 0.25) is 0 Å². The van der Waals surface area contributed by atoms with Crippen LogP contribution in [0.5, 0.6) is 11.5 Å². The van der Waals surface area contributed by atoms with Crippen LogP contribution in [-0.2, 0) is 4.79 Å². The summed E-state index contributed by atoms with van der Waals surface area (Å²) in [6.45, 7) is 11.5. The molecule has 2 rings (SSSR count). The molecule has 7 heteroatoms. The van der Waals surface area contributed by atoms with Gasteiger partial charge in [-0.1, -0.05) is 13.8 Å². The van der Waals surface area contributed by atoms with Gasteiger partial charge in [-0.05, 0) is 50.3 Å². The van der Waals surface area contributed by atoms with E-state index in [1.165, 1.54) is 13.5 Å². The minimum atomic E-state index is -0.238. The minimum absolute atomic E-state index is 0.112. The molecule has 0 spiro atoms. The highest BCUT2D eigenvalue weighted by Crippen LogP contribution is 2.29. The van der Waals surface area contributed by atoms with Crippen LogP contribution >= 0.6 is 0 Å². The Hall–Kier alpha value is -2.28. The number of carbonyl (C=O) groups excluding carboxylic acids is 2. The Labute approximate surface area is 174 Å². The summed E-state index contributed by atoms with van der Waals surface area (Å²) in [6, 6.07) is 4.96. The molecule has 1 heterocycles. The van der Waals surface area contributed by atoms with Crippen molar-refractivity contribution < 1.29 is 19.1 Å². The molecule has 162 valence electrons. The average molecular weight is 406 g/mol. The summed E-state index contributed by atoms with van der Waals surface area (Å²) >= 11 is 0. The molecule has 7 nitrogen and oxygen atoms in total. The number of amides is 2. The summed E-state index contributed by atoms with van der Waals surface area (Å²) in [5.41, 5.74) is 0.365. The molecule has 1 aromatic rings. The number of ether oxygens (including phenoxy) is 2. The number of likely N-dealkylation sites (tertiary alicyclic amines) is 1. The van der Waals surface area contributed by atoms with E-state index in [-0.39, 0.29) is 24.0 Å². The third-order valence-electron chi connectivity index (χ3n) is 5.47. The van der Waals surface area contributed by atoms with Gasteiger partial charge in [-0.2, -0.15) is 0 Å². The van der Waals surface area contributed by atoms with Crippen LogP contribution in [0.25, 0.3) is 0 Å². The third kappa shape index (κ3) is 6.35. The lowest BCUT2D eigenvalue weighted by atomic mass is 9.88. The molecular formula is C22H35N3O4. The second-order valence-electron chi connectivity index (χ2n) is 8.67. The molecule has 1 aliphatic rings. The summed E-state index contributed by atoms with van der Waals surface area (Å²) < 4.78 is 10.8. The smallest absolute Gasteiger partial charge is 0.257 e. The quantitative estimate of drug-likeness (QED) is 0.694. The Bertz CT molecular complexity index is 710. The second kappa shape index (κ2) is 9.96. The van der Waals surface area contributed by atoms with Gasteiger partial charge in [-0.3, -0.25) is 14.5 Å². The maximum Gasteiger partial charge on any atom is 0.257 e. The summed E-state index contributed by atoms with van der Waals surface area (Å²) in [5.74, 6) is 1.77. The third-order valence-corrected chi connectivity index (χ3v) is 5.47. The van der Waals surface area contributed by atoms with Crippen molar-refractivity contribution in [1.82, 2.24) is 15.5 Å². The standard InChI is InChI=1S/C22H35N3O4/c1-15-9-16(2)12-25(11-15)22(3,4)14-24-21(27)17-7-8-18(19(10-17)28-6)29-13-20(26)23-5/h7-8,10,15-16H,9,11-14H2,1-6H3,(H,23,26)(H,24,27). The molecule has 2 unspecified atom stereocenters. The van der Waals surface area contributed by atoms with Crippen molar-refractivity contribution in [2.24, 2.45) is 11.8 Å². The van der Waals surface area contributed by atoms with E-state index < -0.39 is 0 Å². The zero-order chi connectivity index (χ0) is 21.6. The number of likely N-dealkylation sites (N-methyl/N-ethyl adjacent to an activating group) is 1. The van der Waals surface area contributed by atoms with E-state index >= 15 is 0 Å². The topological polar surface area (TPSA) is 79.9 Å². The molecule has 0 aromatic heterocycles. The van der Waals surface area contributed by atoms with Crippen molar-refractivity contribution >= 4 is 11.8 Å². The number of nitrogens with one attached hydrogen (secondary N) is 2. The van der Waals surface area contributed by atoms with Crippen LogP contribution in [0.3, 0.4) is 0 Å². The molecule has 29 heavy (non-hydrogen) atoms. The fourth-order valence-corrected chi connectivity index (χ4v) is 3.81. The number of rotatable bonds is 8. The van der Waals surface area contributed by atoms with Crippen LogP contribution in [0.1, 0.15) is 44.5 Å². The van der Waals surface area contributed by atoms with Crippen molar-refractivity contribution in [3.05, 3.63) is 23.8 Å². The van der Waals surface area contributed by atoms with E-state index in [9.17, 15) is 9.59 Å². The molecule has 0 saturated carbocycles. The van der Waals surface area contributed by atoms with Gasteiger partial charge in [0.15, 0.2) is 18.1 Å². The largest absolute Gasteiger partial charge is 0.493 e.